The lowest BCUT2D eigenvalue weighted by atomic mass is 10.3. The molecule has 148 valence electrons. The van der Waals surface area contributed by atoms with Crippen LogP contribution >= 0.6 is 23.9 Å². The Labute approximate surface area is 175 Å². The van der Waals surface area contributed by atoms with Crippen molar-refractivity contribution in [3.05, 3.63) is 48.5 Å². The third-order valence-corrected chi connectivity index (χ3v) is 6.43. The van der Waals surface area contributed by atoms with Gasteiger partial charge in [0.15, 0.2) is 0 Å². The largest absolute Gasteiger partial charge is 0.457 e. The van der Waals surface area contributed by atoms with Crippen LogP contribution in [-0.2, 0) is 19.2 Å². The minimum atomic E-state index is -0.171. The predicted octanol–water partition coefficient (Wildman–Crippen LogP) is 3.79. The third kappa shape index (κ3) is 4.46. The van der Waals surface area contributed by atoms with Gasteiger partial charge in [0.05, 0.1) is 0 Å². The number of amides is 4. The molecule has 29 heavy (non-hydrogen) atoms. The molecule has 0 atom stereocenters. The molecule has 0 aromatic heterocycles. The van der Waals surface area contributed by atoms with Gasteiger partial charge >= 0.3 is 0 Å². The van der Waals surface area contributed by atoms with E-state index in [9.17, 15) is 19.2 Å². The number of nitrogens with zero attached hydrogens (tertiary/aromatic N) is 2. The van der Waals surface area contributed by atoms with Gasteiger partial charge in [0.25, 0.3) is 0 Å². The Hall–Kier alpha value is -2.78. The Bertz CT molecular complexity index is 864. The molecule has 2 aromatic rings. The number of rotatable bonds is 6. The van der Waals surface area contributed by atoms with E-state index < -0.39 is 0 Å². The molecule has 9 heteroatoms. The minimum Gasteiger partial charge on any atom is -0.457 e. The van der Waals surface area contributed by atoms with Crippen LogP contribution in [0.1, 0.15) is 25.7 Å². The highest BCUT2D eigenvalue weighted by molar-refractivity contribution is 7.98. The predicted molar refractivity (Wildman–Crippen MR) is 107 cm³/mol. The summed E-state index contributed by atoms with van der Waals surface area (Å²) < 4.78 is 8.19. The normalized spacial score (nSPS) is 16.8. The first-order chi connectivity index (χ1) is 14.0. The molecule has 0 aliphatic carbocycles. The molecule has 2 aliphatic heterocycles. The van der Waals surface area contributed by atoms with E-state index in [1.807, 2.05) is 0 Å². The molecule has 0 unspecified atom stereocenters. The van der Waals surface area contributed by atoms with Gasteiger partial charge in [-0.05, 0) is 72.4 Å². The van der Waals surface area contributed by atoms with Crippen molar-refractivity contribution in [2.75, 3.05) is 0 Å². The van der Waals surface area contributed by atoms with Gasteiger partial charge < -0.3 is 4.74 Å². The molecule has 2 aliphatic rings. The molecule has 2 aromatic carbocycles. The lowest BCUT2D eigenvalue weighted by Gasteiger charge is -2.13. The van der Waals surface area contributed by atoms with E-state index in [4.69, 9.17) is 4.74 Å². The summed E-state index contributed by atoms with van der Waals surface area (Å²) in [6.45, 7) is 0. The van der Waals surface area contributed by atoms with Gasteiger partial charge in [-0.15, -0.1) is 0 Å². The van der Waals surface area contributed by atoms with Crippen molar-refractivity contribution >= 4 is 47.5 Å². The van der Waals surface area contributed by atoms with Gasteiger partial charge in [0.1, 0.15) is 11.5 Å². The highest BCUT2D eigenvalue weighted by Crippen LogP contribution is 2.32. The highest BCUT2D eigenvalue weighted by Gasteiger charge is 2.30. The Morgan fingerprint density at radius 1 is 0.552 bits per heavy atom. The lowest BCUT2D eigenvalue weighted by Crippen LogP contribution is -2.20. The van der Waals surface area contributed by atoms with Gasteiger partial charge in [-0.3, -0.25) is 19.2 Å². The van der Waals surface area contributed by atoms with Crippen LogP contribution in [0.25, 0.3) is 0 Å². The first kappa shape index (κ1) is 19.5. The maximum atomic E-state index is 11.7. The first-order valence-corrected chi connectivity index (χ1v) is 10.5. The number of carbonyl (C=O) groups is 4. The fourth-order valence-corrected chi connectivity index (χ4v) is 4.51. The maximum absolute atomic E-state index is 11.7. The molecule has 0 N–H and O–H groups in total. The zero-order valence-electron chi connectivity index (χ0n) is 15.2. The zero-order chi connectivity index (χ0) is 20.4. The summed E-state index contributed by atoms with van der Waals surface area (Å²) in [6.07, 6.45) is 1.06. The smallest absolute Gasteiger partial charge is 0.240 e. The van der Waals surface area contributed by atoms with E-state index in [0.29, 0.717) is 11.5 Å². The van der Waals surface area contributed by atoms with E-state index >= 15 is 0 Å². The van der Waals surface area contributed by atoms with Crippen molar-refractivity contribution in [1.82, 2.24) is 8.61 Å². The number of ether oxygens (including phenoxy) is 1. The average Bonchev–Trinajstić information content (AvgIpc) is 3.21. The minimum absolute atomic E-state index is 0.171. The Balaban J connectivity index is 1.35. The zero-order valence-corrected chi connectivity index (χ0v) is 16.8. The van der Waals surface area contributed by atoms with Crippen LogP contribution in [0.4, 0.5) is 0 Å². The van der Waals surface area contributed by atoms with E-state index in [0.717, 1.165) is 33.7 Å². The molecule has 2 saturated heterocycles. The molecule has 0 bridgehead atoms. The van der Waals surface area contributed by atoms with E-state index in [2.05, 4.69) is 0 Å². The number of carbonyl (C=O) groups excluding carboxylic acids is 4. The van der Waals surface area contributed by atoms with Crippen molar-refractivity contribution in [2.45, 2.75) is 35.5 Å². The summed E-state index contributed by atoms with van der Waals surface area (Å²) in [4.78, 5) is 48.3. The summed E-state index contributed by atoms with van der Waals surface area (Å²) in [6, 6.07) is 14.2. The SMILES string of the molecule is O=C1CCC(=O)N1Sc1ccc(Oc2ccc(SN3C(=O)CCC3=O)cc2)cc1. The number of benzene rings is 2. The second-order valence-electron chi connectivity index (χ2n) is 6.39. The summed E-state index contributed by atoms with van der Waals surface area (Å²) in [5.41, 5.74) is 0. The van der Waals surface area contributed by atoms with E-state index in [1.54, 1.807) is 48.5 Å². The maximum Gasteiger partial charge on any atom is 0.240 e. The van der Waals surface area contributed by atoms with Crippen molar-refractivity contribution in [3.8, 4) is 11.5 Å². The summed E-state index contributed by atoms with van der Waals surface area (Å²) in [5, 5.41) is 0. The molecular weight excluding hydrogens is 412 g/mol. The molecule has 4 rings (SSSR count). The van der Waals surface area contributed by atoms with Crippen LogP contribution in [0.15, 0.2) is 58.3 Å². The quantitative estimate of drug-likeness (QED) is 0.511. The fourth-order valence-electron chi connectivity index (χ4n) is 2.80. The van der Waals surface area contributed by atoms with Gasteiger partial charge in [-0.1, -0.05) is 0 Å². The van der Waals surface area contributed by atoms with Crippen molar-refractivity contribution in [1.29, 1.82) is 0 Å². The van der Waals surface area contributed by atoms with Gasteiger partial charge in [0.2, 0.25) is 23.6 Å². The topological polar surface area (TPSA) is 84.0 Å². The van der Waals surface area contributed by atoms with Gasteiger partial charge in [-0.2, -0.15) is 0 Å². The fraction of sp³-hybridized carbons (Fsp3) is 0.200. The number of imide groups is 2. The van der Waals surface area contributed by atoms with Gasteiger partial charge in [0, 0.05) is 35.5 Å². The van der Waals surface area contributed by atoms with Crippen LogP contribution in [0, 0.1) is 0 Å². The van der Waals surface area contributed by atoms with Gasteiger partial charge in [-0.25, -0.2) is 8.61 Å². The Morgan fingerprint density at radius 2 is 0.862 bits per heavy atom. The molecule has 7 nitrogen and oxygen atoms in total. The van der Waals surface area contributed by atoms with Crippen LogP contribution < -0.4 is 4.74 Å². The van der Waals surface area contributed by atoms with Crippen LogP contribution in [0.5, 0.6) is 11.5 Å². The van der Waals surface area contributed by atoms with Crippen molar-refractivity contribution in [3.63, 3.8) is 0 Å². The third-order valence-electron chi connectivity index (χ3n) is 4.29. The summed E-state index contributed by atoms with van der Waals surface area (Å²) in [5.74, 6) is 0.537. The molecule has 2 fully saturated rings. The first-order valence-electron chi connectivity index (χ1n) is 8.95. The van der Waals surface area contributed by atoms with E-state index in [-0.39, 0.29) is 49.3 Å². The van der Waals surface area contributed by atoms with Crippen molar-refractivity contribution < 1.29 is 23.9 Å². The molecule has 4 amide bonds. The molecular formula is C20H16N2O5S2. The van der Waals surface area contributed by atoms with Crippen LogP contribution in [0.3, 0.4) is 0 Å². The van der Waals surface area contributed by atoms with Crippen molar-refractivity contribution in [2.24, 2.45) is 0 Å². The molecule has 2 heterocycles. The number of hydrogen-bond donors (Lipinski definition) is 0. The highest BCUT2D eigenvalue weighted by atomic mass is 32.2. The summed E-state index contributed by atoms with van der Waals surface area (Å²) in [7, 11) is 0. The Morgan fingerprint density at radius 3 is 1.17 bits per heavy atom. The van der Waals surface area contributed by atoms with Crippen LogP contribution in [0.2, 0.25) is 0 Å². The number of hydrogen-bond acceptors (Lipinski definition) is 7. The van der Waals surface area contributed by atoms with E-state index in [1.165, 1.54) is 8.61 Å². The Kier molecular flexibility index (Phi) is 5.59. The van der Waals surface area contributed by atoms with Crippen LogP contribution in [-0.4, -0.2) is 32.2 Å². The second kappa shape index (κ2) is 8.30. The monoisotopic (exact) mass is 428 g/mol. The molecule has 0 spiro atoms. The molecule has 0 radical (unpaired) electrons. The summed E-state index contributed by atoms with van der Waals surface area (Å²) >= 11 is 2.23. The second-order valence-corrected chi connectivity index (χ2v) is 8.43. The average molecular weight is 428 g/mol. The molecule has 0 saturated carbocycles. The standard InChI is InChI=1S/C20H16N2O5S2/c23-17-9-10-18(24)21(17)28-15-5-1-13(2-6-15)27-14-3-7-16(8-4-14)29-22-19(25)11-12-20(22)26/h1-8H,9-12H2. The lowest BCUT2D eigenvalue weighted by molar-refractivity contribution is -0.133.